The van der Waals surface area contributed by atoms with Crippen molar-refractivity contribution in [2.24, 2.45) is 0 Å². The molecule has 2 fully saturated rings. The van der Waals surface area contributed by atoms with Crippen LogP contribution < -0.4 is 4.74 Å². The smallest absolute Gasteiger partial charge is 0.254 e. The third-order valence-electron chi connectivity index (χ3n) is 5.75. The number of nitrogens with zero attached hydrogens (tertiary/aromatic N) is 2. The molecule has 2 heterocycles. The van der Waals surface area contributed by atoms with E-state index in [9.17, 15) is 13.2 Å². The Bertz CT molecular complexity index is 977. The topological polar surface area (TPSA) is 66.9 Å². The normalized spacial score (nSPS) is 18.0. The average Bonchev–Trinajstić information content (AvgIpc) is 3.53. The van der Waals surface area contributed by atoms with E-state index in [1.54, 1.807) is 23.5 Å². The van der Waals surface area contributed by atoms with E-state index in [1.807, 2.05) is 22.4 Å². The monoisotopic (exact) mass is 448 g/mol. The molecule has 0 unspecified atom stereocenters. The van der Waals surface area contributed by atoms with Crippen LogP contribution in [0.1, 0.15) is 53.8 Å². The summed E-state index contributed by atoms with van der Waals surface area (Å²) in [6.45, 7) is 1.58. The lowest BCUT2D eigenvalue weighted by Crippen LogP contribution is -2.34. The highest BCUT2D eigenvalue weighted by Gasteiger charge is 2.35. The van der Waals surface area contributed by atoms with Gasteiger partial charge in [0, 0.05) is 29.6 Å². The molecule has 1 aromatic carbocycles. The average molecular weight is 449 g/mol. The zero-order chi connectivity index (χ0) is 21.1. The van der Waals surface area contributed by atoms with Gasteiger partial charge >= 0.3 is 0 Å². The highest BCUT2D eigenvalue weighted by molar-refractivity contribution is 7.89. The molecule has 0 radical (unpaired) electrons. The number of ether oxygens (including phenoxy) is 1. The number of benzene rings is 1. The van der Waals surface area contributed by atoms with Crippen LogP contribution in [0.2, 0.25) is 0 Å². The van der Waals surface area contributed by atoms with Crippen LogP contribution in [0.3, 0.4) is 0 Å². The summed E-state index contributed by atoms with van der Waals surface area (Å²) in [6, 6.07) is 9.02. The van der Waals surface area contributed by atoms with Crippen molar-refractivity contribution in [3.63, 3.8) is 0 Å². The standard InChI is InChI=1S/C22H28N2O4S2/c1-28-20-11-8-17(15-21(20)30(26,27)23-12-4-2-3-5-13-23)22(25)24(18-9-10-18)16-19-7-6-14-29-19/h6-8,11,14-15,18H,2-5,9-10,12-13,16H2,1H3. The summed E-state index contributed by atoms with van der Waals surface area (Å²) in [4.78, 5) is 16.4. The number of sulfonamides is 1. The van der Waals surface area contributed by atoms with Gasteiger partial charge < -0.3 is 9.64 Å². The highest BCUT2D eigenvalue weighted by Crippen LogP contribution is 2.33. The van der Waals surface area contributed by atoms with Gasteiger partial charge in [-0.1, -0.05) is 18.9 Å². The Hall–Kier alpha value is -1.90. The fourth-order valence-corrected chi connectivity index (χ4v) is 6.32. The van der Waals surface area contributed by atoms with Crippen molar-refractivity contribution in [1.29, 1.82) is 0 Å². The molecule has 2 aliphatic rings. The van der Waals surface area contributed by atoms with Crippen LogP contribution >= 0.6 is 11.3 Å². The van der Waals surface area contributed by atoms with Gasteiger partial charge in [-0.15, -0.1) is 11.3 Å². The third-order valence-corrected chi connectivity index (χ3v) is 8.53. The summed E-state index contributed by atoms with van der Waals surface area (Å²) in [5, 5.41) is 2.00. The number of carbonyl (C=O) groups excluding carboxylic acids is 1. The van der Waals surface area contributed by atoms with Crippen molar-refractivity contribution >= 4 is 27.3 Å². The Balaban J connectivity index is 1.65. The number of amides is 1. The zero-order valence-corrected chi connectivity index (χ0v) is 18.9. The van der Waals surface area contributed by atoms with Crippen LogP contribution in [-0.4, -0.2) is 49.8 Å². The van der Waals surface area contributed by atoms with E-state index in [0.29, 0.717) is 25.2 Å². The second kappa shape index (κ2) is 9.08. The van der Waals surface area contributed by atoms with Crippen LogP contribution in [0.25, 0.3) is 0 Å². The van der Waals surface area contributed by atoms with Crippen LogP contribution in [0, 0.1) is 0 Å². The van der Waals surface area contributed by atoms with E-state index in [4.69, 9.17) is 4.74 Å². The lowest BCUT2D eigenvalue weighted by atomic mass is 10.2. The van der Waals surface area contributed by atoms with Crippen molar-refractivity contribution in [3.8, 4) is 5.75 Å². The summed E-state index contributed by atoms with van der Waals surface area (Å²) < 4.78 is 33.7. The Morgan fingerprint density at radius 3 is 2.50 bits per heavy atom. The SMILES string of the molecule is COc1ccc(C(=O)N(Cc2cccs2)C2CC2)cc1S(=O)(=O)N1CCCCCC1. The van der Waals surface area contributed by atoms with E-state index < -0.39 is 10.0 Å². The molecule has 0 bridgehead atoms. The Kier molecular flexibility index (Phi) is 6.46. The molecule has 2 aromatic rings. The minimum atomic E-state index is -3.72. The van der Waals surface area contributed by atoms with Gasteiger partial charge in [0.05, 0.1) is 13.7 Å². The Morgan fingerprint density at radius 2 is 1.90 bits per heavy atom. The second-order valence-electron chi connectivity index (χ2n) is 7.93. The number of methoxy groups -OCH3 is 1. The summed E-state index contributed by atoms with van der Waals surface area (Å²) in [5.74, 6) is 0.160. The fourth-order valence-electron chi connectivity index (χ4n) is 3.92. The zero-order valence-electron chi connectivity index (χ0n) is 17.2. The van der Waals surface area contributed by atoms with Crippen molar-refractivity contribution in [1.82, 2.24) is 9.21 Å². The van der Waals surface area contributed by atoms with Gasteiger partial charge in [0.25, 0.3) is 5.91 Å². The molecule has 8 heteroatoms. The summed E-state index contributed by atoms with van der Waals surface area (Å²) in [5.41, 5.74) is 0.396. The minimum Gasteiger partial charge on any atom is -0.495 e. The van der Waals surface area contributed by atoms with Crippen molar-refractivity contribution < 1.29 is 17.9 Å². The maximum atomic E-state index is 13.4. The molecule has 1 aromatic heterocycles. The van der Waals surface area contributed by atoms with Gasteiger partial charge in [0.2, 0.25) is 10.0 Å². The molecule has 6 nitrogen and oxygen atoms in total. The van der Waals surface area contributed by atoms with Crippen LogP contribution in [-0.2, 0) is 16.6 Å². The van der Waals surface area contributed by atoms with E-state index in [-0.39, 0.29) is 22.6 Å². The van der Waals surface area contributed by atoms with Crippen LogP contribution in [0.15, 0.2) is 40.6 Å². The van der Waals surface area contributed by atoms with Crippen molar-refractivity contribution in [2.75, 3.05) is 20.2 Å². The first-order valence-electron chi connectivity index (χ1n) is 10.5. The molecule has 1 aliphatic carbocycles. The molecule has 0 spiro atoms. The number of rotatable bonds is 7. The molecule has 1 saturated heterocycles. The predicted molar refractivity (Wildman–Crippen MR) is 117 cm³/mol. The second-order valence-corrected chi connectivity index (χ2v) is 10.9. The number of hydrogen-bond acceptors (Lipinski definition) is 5. The first-order chi connectivity index (χ1) is 14.5. The molecule has 1 amide bonds. The van der Waals surface area contributed by atoms with E-state index in [1.165, 1.54) is 17.5 Å². The first-order valence-corrected chi connectivity index (χ1v) is 12.8. The minimum absolute atomic E-state index is 0.0876. The van der Waals surface area contributed by atoms with Gasteiger partial charge in [0.15, 0.2) is 0 Å². The van der Waals surface area contributed by atoms with E-state index in [2.05, 4.69) is 0 Å². The van der Waals surface area contributed by atoms with Gasteiger partial charge in [-0.2, -0.15) is 4.31 Å². The molecule has 30 heavy (non-hydrogen) atoms. The molecule has 1 aliphatic heterocycles. The van der Waals surface area contributed by atoms with E-state index >= 15 is 0 Å². The van der Waals surface area contributed by atoms with Crippen molar-refractivity contribution in [2.45, 2.75) is 56.0 Å². The number of carbonyl (C=O) groups is 1. The lowest BCUT2D eigenvalue weighted by Gasteiger charge is -2.24. The molecule has 162 valence electrons. The third kappa shape index (κ3) is 4.55. The molecule has 0 N–H and O–H groups in total. The number of thiophene rings is 1. The summed E-state index contributed by atoms with van der Waals surface area (Å²) >= 11 is 1.63. The quantitative estimate of drug-likeness (QED) is 0.639. The van der Waals surface area contributed by atoms with Crippen molar-refractivity contribution in [3.05, 3.63) is 46.2 Å². The molecular formula is C22H28N2O4S2. The Labute approximate surface area is 182 Å². The lowest BCUT2D eigenvalue weighted by molar-refractivity contribution is 0.0731. The maximum Gasteiger partial charge on any atom is 0.254 e. The number of hydrogen-bond donors (Lipinski definition) is 0. The van der Waals surface area contributed by atoms with E-state index in [0.717, 1.165) is 43.4 Å². The molecule has 4 rings (SSSR count). The largest absolute Gasteiger partial charge is 0.495 e. The van der Waals surface area contributed by atoms with Gasteiger partial charge in [-0.25, -0.2) is 8.42 Å². The molecule has 0 atom stereocenters. The summed E-state index contributed by atoms with van der Waals surface area (Å²) in [6.07, 6.45) is 5.78. The summed E-state index contributed by atoms with van der Waals surface area (Å²) in [7, 11) is -2.26. The van der Waals surface area contributed by atoms with Gasteiger partial charge in [-0.3, -0.25) is 4.79 Å². The Morgan fingerprint density at radius 1 is 1.17 bits per heavy atom. The maximum absolute atomic E-state index is 13.4. The highest BCUT2D eigenvalue weighted by atomic mass is 32.2. The predicted octanol–water partition coefficient (Wildman–Crippen LogP) is 4.13. The van der Waals surface area contributed by atoms with Gasteiger partial charge in [0.1, 0.15) is 10.6 Å². The molecular weight excluding hydrogens is 420 g/mol. The molecule has 1 saturated carbocycles. The first kappa shape index (κ1) is 21.3. The van der Waals surface area contributed by atoms with Crippen LogP contribution in [0.5, 0.6) is 5.75 Å². The van der Waals surface area contributed by atoms with Gasteiger partial charge in [-0.05, 0) is 55.3 Å². The fraction of sp³-hybridized carbons (Fsp3) is 0.500. The van der Waals surface area contributed by atoms with Crippen LogP contribution in [0.4, 0.5) is 0 Å².